The highest BCUT2D eigenvalue weighted by atomic mass is 16.5. The second-order valence-corrected chi connectivity index (χ2v) is 6.29. The summed E-state index contributed by atoms with van der Waals surface area (Å²) in [6, 6.07) is 0.654. The van der Waals surface area contributed by atoms with Crippen LogP contribution in [-0.2, 0) is 9.47 Å². The van der Waals surface area contributed by atoms with Gasteiger partial charge < -0.3 is 14.8 Å². The minimum absolute atomic E-state index is 0.248. The van der Waals surface area contributed by atoms with E-state index in [9.17, 15) is 0 Å². The molecule has 2 rings (SSSR count). The van der Waals surface area contributed by atoms with E-state index in [1.165, 1.54) is 51.4 Å². The third-order valence-electron chi connectivity index (χ3n) is 4.94. The van der Waals surface area contributed by atoms with Gasteiger partial charge in [0.05, 0.1) is 5.60 Å². The Hall–Kier alpha value is -0.120. The predicted molar refractivity (Wildman–Crippen MR) is 78.4 cm³/mol. The van der Waals surface area contributed by atoms with E-state index in [1.54, 1.807) is 7.11 Å². The maximum Gasteiger partial charge on any atom is 0.0685 e. The molecule has 2 aliphatic rings. The maximum absolute atomic E-state index is 6.16. The molecule has 3 nitrogen and oxygen atoms in total. The van der Waals surface area contributed by atoms with E-state index < -0.39 is 0 Å². The molecule has 19 heavy (non-hydrogen) atoms. The first-order chi connectivity index (χ1) is 9.29. The van der Waals surface area contributed by atoms with E-state index in [-0.39, 0.29) is 5.60 Å². The van der Waals surface area contributed by atoms with Crippen molar-refractivity contribution in [1.29, 1.82) is 0 Å². The molecule has 0 amide bonds. The number of ether oxygens (including phenoxy) is 2. The Morgan fingerprint density at radius 3 is 2.84 bits per heavy atom. The highest BCUT2D eigenvalue weighted by Gasteiger charge is 2.41. The third-order valence-corrected chi connectivity index (χ3v) is 4.94. The van der Waals surface area contributed by atoms with Gasteiger partial charge in [0.15, 0.2) is 0 Å². The fraction of sp³-hybridized carbons (Fsp3) is 1.00. The first-order valence-electron chi connectivity index (χ1n) is 8.16. The van der Waals surface area contributed by atoms with Gasteiger partial charge in [0.2, 0.25) is 0 Å². The smallest absolute Gasteiger partial charge is 0.0685 e. The average Bonchev–Trinajstić information content (AvgIpc) is 2.86. The van der Waals surface area contributed by atoms with E-state index in [0.717, 1.165) is 25.7 Å². The predicted octanol–water partition coefficient (Wildman–Crippen LogP) is 3.13. The first kappa shape index (κ1) is 15.3. The van der Waals surface area contributed by atoms with Gasteiger partial charge in [-0.05, 0) is 51.0 Å². The molecule has 1 aliphatic heterocycles. The Balaban J connectivity index is 1.88. The zero-order chi connectivity index (χ0) is 13.6. The molecule has 0 radical (unpaired) electrons. The highest BCUT2D eigenvalue weighted by Crippen LogP contribution is 2.43. The summed E-state index contributed by atoms with van der Waals surface area (Å²) < 4.78 is 11.4. The summed E-state index contributed by atoms with van der Waals surface area (Å²) in [5.41, 5.74) is 0.248. The van der Waals surface area contributed by atoms with Crippen molar-refractivity contribution in [2.45, 2.75) is 69.9 Å². The number of methoxy groups -OCH3 is 1. The van der Waals surface area contributed by atoms with Crippen LogP contribution in [-0.4, -0.2) is 38.5 Å². The van der Waals surface area contributed by atoms with Crippen LogP contribution >= 0.6 is 0 Å². The van der Waals surface area contributed by atoms with Gasteiger partial charge in [-0.1, -0.05) is 19.8 Å². The van der Waals surface area contributed by atoms with Gasteiger partial charge in [0.25, 0.3) is 0 Å². The lowest BCUT2D eigenvalue weighted by Gasteiger charge is -2.41. The largest absolute Gasteiger partial charge is 0.385 e. The molecular weight excluding hydrogens is 238 g/mol. The van der Waals surface area contributed by atoms with E-state index in [0.29, 0.717) is 6.04 Å². The zero-order valence-electron chi connectivity index (χ0n) is 12.7. The molecule has 1 heterocycles. The summed E-state index contributed by atoms with van der Waals surface area (Å²) in [4.78, 5) is 0. The fourth-order valence-corrected chi connectivity index (χ4v) is 3.99. The van der Waals surface area contributed by atoms with Gasteiger partial charge in [0.1, 0.15) is 0 Å². The van der Waals surface area contributed by atoms with E-state index in [2.05, 4.69) is 12.2 Å². The summed E-state index contributed by atoms with van der Waals surface area (Å²) in [5.74, 6) is 0.795. The van der Waals surface area contributed by atoms with E-state index in [1.807, 2.05) is 0 Å². The van der Waals surface area contributed by atoms with Crippen LogP contribution in [0.5, 0.6) is 0 Å². The summed E-state index contributed by atoms with van der Waals surface area (Å²) in [6.45, 7) is 5.14. The molecule has 1 saturated heterocycles. The molecule has 112 valence electrons. The SMILES string of the molecule is CCNC(CCCOC)C1CCOC2(CCCC2)C1. The number of hydrogen-bond donors (Lipinski definition) is 1. The molecular formula is C16H31NO2. The van der Waals surface area contributed by atoms with Crippen molar-refractivity contribution < 1.29 is 9.47 Å². The first-order valence-corrected chi connectivity index (χ1v) is 8.16. The van der Waals surface area contributed by atoms with Gasteiger partial charge in [-0.3, -0.25) is 0 Å². The van der Waals surface area contributed by atoms with Crippen LogP contribution < -0.4 is 5.32 Å². The Morgan fingerprint density at radius 1 is 1.37 bits per heavy atom. The maximum atomic E-state index is 6.16. The molecule has 0 aromatic heterocycles. The van der Waals surface area contributed by atoms with E-state index in [4.69, 9.17) is 9.47 Å². The fourth-order valence-electron chi connectivity index (χ4n) is 3.99. The van der Waals surface area contributed by atoms with Crippen molar-refractivity contribution in [2.75, 3.05) is 26.9 Å². The molecule has 3 heteroatoms. The summed E-state index contributed by atoms with van der Waals surface area (Å²) in [5, 5.41) is 3.71. The molecule has 0 bridgehead atoms. The van der Waals surface area contributed by atoms with Crippen LogP contribution in [0.3, 0.4) is 0 Å². The molecule has 2 atom stereocenters. The Labute approximate surface area is 118 Å². The molecule has 1 spiro atoms. The van der Waals surface area contributed by atoms with Gasteiger partial charge in [-0.15, -0.1) is 0 Å². The summed E-state index contributed by atoms with van der Waals surface area (Å²) >= 11 is 0. The normalized spacial score (nSPS) is 27.8. The number of nitrogens with one attached hydrogen (secondary N) is 1. The van der Waals surface area contributed by atoms with E-state index >= 15 is 0 Å². The lowest BCUT2D eigenvalue weighted by Crippen LogP contribution is -2.45. The topological polar surface area (TPSA) is 30.5 Å². The molecule has 1 N–H and O–H groups in total. The summed E-state index contributed by atoms with van der Waals surface area (Å²) in [6.07, 6.45) is 10.2. The van der Waals surface area contributed by atoms with Crippen molar-refractivity contribution in [2.24, 2.45) is 5.92 Å². The highest BCUT2D eigenvalue weighted by molar-refractivity contribution is 4.94. The standard InChI is InChI=1S/C16H31NO2/c1-3-17-15(7-6-11-18-2)14-8-12-19-16(13-14)9-4-5-10-16/h14-15,17H,3-13H2,1-2H3. The quantitative estimate of drug-likeness (QED) is 0.720. The van der Waals surface area contributed by atoms with Crippen molar-refractivity contribution in [3.63, 3.8) is 0 Å². The second kappa shape index (κ2) is 7.61. The Morgan fingerprint density at radius 2 is 2.16 bits per heavy atom. The van der Waals surface area contributed by atoms with Crippen molar-refractivity contribution in [3.05, 3.63) is 0 Å². The Kier molecular flexibility index (Phi) is 6.11. The van der Waals surface area contributed by atoms with Crippen molar-refractivity contribution in [3.8, 4) is 0 Å². The van der Waals surface area contributed by atoms with Crippen LogP contribution in [0, 0.1) is 5.92 Å². The monoisotopic (exact) mass is 269 g/mol. The molecule has 0 aromatic rings. The van der Waals surface area contributed by atoms with Gasteiger partial charge >= 0.3 is 0 Å². The molecule has 2 unspecified atom stereocenters. The van der Waals surface area contributed by atoms with Gasteiger partial charge in [-0.2, -0.15) is 0 Å². The minimum atomic E-state index is 0.248. The van der Waals surface area contributed by atoms with Crippen molar-refractivity contribution in [1.82, 2.24) is 5.32 Å². The lowest BCUT2D eigenvalue weighted by molar-refractivity contribution is -0.0984. The third kappa shape index (κ3) is 4.17. The van der Waals surface area contributed by atoms with Crippen LogP contribution in [0.25, 0.3) is 0 Å². The van der Waals surface area contributed by atoms with Gasteiger partial charge in [0, 0.05) is 26.4 Å². The van der Waals surface area contributed by atoms with Crippen LogP contribution in [0.15, 0.2) is 0 Å². The van der Waals surface area contributed by atoms with Gasteiger partial charge in [-0.25, -0.2) is 0 Å². The zero-order valence-corrected chi connectivity index (χ0v) is 12.7. The second-order valence-electron chi connectivity index (χ2n) is 6.29. The summed E-state index contributed by atoms with van der Waals surface area (Å²) in [7, 11) is 1.80. The number of rotatable bonds is 7. The van der Waals surface area contributed by atoms with Crippen LogP contribution in [0.1, 0.15) is 58.3 Å². The Bertz CT molecular complexity index is 251. The molecule has 1 aliphatic carbocycles. The lowest BCUT2D eigenvalue weighted by atomic mass is 9.79. The van der Waals surface area contributed by atoms with Crippen LogP contribution in [0.2, 0.25) is 0 Å². The molecule has 1 saturated carbocycles. The average molecular weight is 269 g/mol. The number of hydrogen-bond acceptors (Lipinski definition) is 3. The minimum Gasteiger partial charge on any atom is -0.385 e. The van der Waals surface area contributed by atoms with Crippen LogP contribution in [0.4, 0.5) is 0 Å². The molecule has 2 fully saturated rings. The molecule has 0 aromatic carbocycles. The van der Waals surface area contributed by atoms with Crippen molar-refractivity contribution >= 4 is 0 Å².